The molecule has 0 aliphatic rings. The summed E-state index contributed by atoms with van der Waals surface area (Å²) >= 11 is 0. The van der Waals surface area contributed by atoms with Crippen molar-refractivity contribution in [2.45, 2.75) is 46.8 Å². The normalized spacial score (nSPS) is 12.3. The smallest absolute Gasteiger partial charge is 0.336 e. The van der Waals surface area contributed by atoms with Crippen LogP contribution in [0.2, 0.25) is 0 Å². The zero-order valence-corrected chi connectivity index (χ0v) is 13.4. The molecule has 0 radical (unpaired) electrons. The summed E-state index contributed by atoms with van der Waals surface area (Å²) in [5.41, 5.74) is 0. The van der Waals surface area contributed by atoms with E-state index >= 15 is 0 Å². The van der Waals surface area contributed by atoms with Crippen molar-refractivity contribution in [3.63, 3.8) is 0 Å². The van der Waals surface area contributed by atoms with Gasteiger partial charge in [-0.15, -0.1) is 0 Å². The fraction of sp³-hybridized carbons (Fsp3) is 0.833. The molecule has 0 saturated heterocycles. The largest absolute Gasteiger partial charge is 0.463 e. The summed E-state index contributed by atoms with van der Waals surface area (Å²) in [6.45, 7) is 9.78. The second-order valence-corrected chi connectivity index (χ2v) is 7.21. The first-order valence-corrected chi connectivity index (χ1v) is 7.84. The summed E-state index contributed by atoms with van der Waals surface area (Å²) in [4.78, 5) is 11.7. The Morgan fingerprint density at radius 3 is 1.89 bits per heavy atom. The van der Waals surface area contributed by atoms with E-state index in [1.165, 1.54) is 5.80 Å². The third-order valence-electron chi connectivity index (χ3n) is 1.84. The minimum Gasteiger partial charge on any atom is -0.463 e. The van der Waals surface area contributed by atoms with E-state index in [-0.39, 0.29) is 12.2 Å². The average molecular weight is 279 g/mol. The van der Waals surface area contributed by atoms with E-state index < -0.39 is 13.5 Å². The van der Waals surface area contributed by atoms with Gasteiger partial charge in [0.2, 0.25) is 7.49 Å². The zero-order valence-electron chi connectivity index (χ0n) is 12.5. The van der Waals surface area contributed by atoms with Gasteiger partial charge in [-0.3, -0.25) is 0 Å². The Bertz CT molecular complexity index is 299. The summed E-state index contributed by atoms with van der Waals surface area (Å²) in [6, 6.07) is 0. The molecule has 0 spiro atoms. The van der Waals surface area contributed by atoms with Gasteiger partial charge in [-0.2, -0.15) is 0 Å². The van der Waals surface area contributed by atoms with Crippen LogP contribution in [0.25, 0.3) is 0 Å². The monoisotopic (exact) mass is 279 g/mol. The van der Waals surface area contributed by atoms with Crippen molar-refractivity contribution in [1.82, 2.24) is 4.67 Å². The van der Waals surface area contributed by atoms with Gasteiger partial charge in [0, 0.05) is 0 Å². The van der Waals surface area contributed by atoms with Crippen molar-refractivity contribution < 1.29 is 18.6 Å². The van der Waals surface area contributed by atoms with E-state index in [0.29, 0.717) is 6.61 Å². The molecule has 0 heterocycles. The molecule has 108 valence electrons. The standard InChI is InChI=1S/C12H26NO4P/c1-8-15-12(14)9-18(13(6)7,16-10(2)3)17-11(4)5/h9-11H,8H2,1-7H3. The van der Waals surface area contributed by atoms with Crippen LogP contribution in [-0.2, 0) is 18.6 Å². The molecule has 0 unspecified atom stereocenters. The molecule has 0 aliphatic heterocycles. The molecule has 18 heavy (non-hydrogen) atoms. The molecule has 0 fully saturated rings. The molecule has 0 aromatic heterocycles. The first-order chi connectivity index (χ1) is 8.23. The van der Waals surface area contributed by atoms with Crippen molar-refractivity contribution in [1.29, 1.82) is 0 Å². The van der Waals surface area contributed by atoms with E-state index in [9.17, 15) is 4.79 Å². The summed E-state index contributed by atoms with van der Waals surface area (Å²) in [5.74, 6) is 1.04. The molecule has 6 heteroatoms. The van der Waals surface area contributed by atoms with Crippen LogP contribution in [-0.4, -0.2) is 49.3 Å². The summed E-state index contributed by atoms with van der Waals surface area (Å²) in [7, 11) is 1.15. The second kappa shape index (κ2) is 7.95. The summed E-state index contributed by atoms with van der Waals surface area (Å²) < 4.78 is 18.6. The molecular weight excluding hydrogens is 253 g/mol. The van der Waals surface area contributed by atoms with Crippen molar-refractivity contribution >= 4 is 19.3 Å². The average Bonchev–Trinajstić information content (AvgIpc) is 2.14. The fourth-order valence-electron chi connectivity index (χ4n) is 1.31. The van der Waals surface area contributed by atoms with Gasteiger partial charge >= 0.3 is 5.97 Å². The molecule has 0 atom stereocenters. The lowest BCUT2D eigenvalue weighted by atomic mass is 10.5. The van der Waals surface area contributed by atoms with Crippen LogP contribution >= 0.6 is 7.49 Å². The van der Waals surface area contributed by atoms with E-state index in [1.54, 1.807) is 6.92 Å². The molecule has 0 bridgehead atoms. The molecule has 0 rings (SSSR count). The second-order valence-electron chi connectivity index (χ2n) is 4.60. The number of ether oxygens (including phenoxy) is 1. The zero-order chi connectivity index (χ0) is 14.3. The third-order valence-corrected chi connectivity index (χ3v) is 4.94. The SMILES string of the molecule is CCOC(=O)C=P(OC(C)C)(OC(C)C)N(C)C. The van der Waals surface area contributed by atoms with Crippen LogP contribution in [0.4, 0.5) is 0 Å². The van der Waals surface area contributed by atoms with E-state index in [1.807, 2.05) is 46.5 Å². The Labute approximate surface area is 111 Å². The fourth-order valence-corrected chi connectivity index (χ4v) is 3.64. The maximum absolute atomic E-state index is 11.7. The Balaban J connectivity index is 5.37. The Morgan fingerprint density at radius 2 is 1.61 bits per heavy atom. The first-order valence-electron chi connectivity index (χ1n) is 6.19. The molecule has 5 nitrogen and oxygen atoms in total. The van der Waals surface area contributed by atoms with Crippen LogP contribution in [0.3, 0.4) is 0 Å². The van der Waals surface area contributed by atoms with E-state index in [0.717, 1.165) is 0 Å². The minimum absolute atomic E-state index is 0.0369. The highest BCUT2D eigenvalue weighted by atomic mass is 31.2. The topological polar surface area (TPSA) is 48.0 Å². The van der Waals surface area contributed by atoms with Crippen LogP contribution in [0.15, 0.2) is 0 Å². The van der Waals surface area contributed by atoms with Gasteiger partial charge in [-0.05, 0) is 48.7 Å². The molecule has 0 N–H and O–H groups in total. The van der Waals surface area contributed by atoms with Gasteiger partial charge in [0.1, 0.15) is 0 Å². The number of carbonyl (C=O) groups is 1. The number of carbonyl (C=O) groups excluding carboxylic acids is 1. The van der Waals surface area contributed by atoms with E-state index in [4.69, 9.17) is 13.8 Å². The van der Waals surface area contributed by atoms with Gasteiger partial charge in [0.15, 0.2) is 0 Å². The summed E-state index contributed by atoms with van der Waals surface area (Å²) in [5, 5.41) is 0. The number of rotatable bonds is 7. The van der Waals surface area contributed by atoms with Crippen molar-refractivity contribution in [2.24, 2.45) is 0 Å². The number of hydrogen-bond acceptors (Lipinski definition) is 5. The maximum atomic E-state index is 11.7. The van der Waals surface area contributed by atoms with Crippen LogP contribution in [0.5, 0.6) is 0 Å². The van der Waals surface area contributed by atoms with Crippen LogP contribution in [0, 0.1) is 0 Å². The first kappa shape index (κ1) is 17.6. The molecule has 0 aromatic rings. The highest BCUT2D eigenvalue weighted by Crippen LogP contribution is 2.53. The molecule has 0 amide bonds. The van der Waals surface area contributed by atoms with Crippen molar-refractivity contribution in [3.05, 3.63) is 0 Å². The Kier molecular flexibility index (Phi) is 7.79. The third kappa shape index (κ3) is 6.01. The number of nitrogens with zero attached hydrogens (tertiary/aromatic N) is 1. The van der Waals surface area contributed by atoms with Crippen molar-refractivity contribution in [3.8, 4) is 0 Å². The predicted molar refractivity (Wildman–Crippen MR) is 75.7 cm³/mol. The highest BCUT2D eigenvalue weighted by molar-refractivity contribution is 7.65. The molecule has 0 saturated carbocycles. The van der Waals surface area contributed by atoms with E-state index in [2.05, 4.69) is 0 Å². The lowest BCUT2D eigenvalue weighted by Crippen LogP contribution is -2.23. The van der Waals surface area contributed by atoms with Crippen molar-refractivity contribution in [2.75, 3.05) is 20.7 Å². The molecule has 0 aromatic carbocycles. The number of hydrogen-bond donors (Lipinski definition) is 0. The highest BCUT2D eigenvalue weighted by Gasteiger charge is 2.27. The van der Waals surface area contributed by atoms with Gasteiger partial charge in [0.25, 0.3) is 0 Å². The quantitative estimate of drug-likeness (QED) is 0.529. The van der Waals surface area contributed by atoms with Gasteiger partial charge in [-0.25, -0.2) is 9.46 Å². The van der Waals surface area contributed by atoms with Gasteiger partial charge < -0.3 is 13.8 Å². The Hall–Kier alpha value is -0.350. The Morgan fingerprint density at radius 1 is 1.17 bits per heavy atom. The lowest BCUT2D eigenvalue weighted by Gasteiger charge is -2.34. The maximum Gasteiger partial charge on any atom is 0.336 e. The van der Waals surface area contributed by atoms with Crippen LogP contribution < -0.4 is 0 Å². The predicted octanol–water partition coefficient (Wildman–Crippen LogP) is 2.53. The lowest BCUT2D eigenvalue weighted by molar-refractivity contribution is -0.134. The molecular formula is C12H26NO4P. The minimum atomic E-state index is -2.53. The van der Waals surface area contributed by atoms with Gasteiger partial charge in [-0.1, -0.05) is 0 Å². The van der Waals surface area contributed by atoms with Gasteiger partial charge in [0.05, 0.1) is 24.6 Å². The summed E-state index contributed by atoms with van der Waals surface area (Å²) in [6.07, 6.45) is -0.0738. The number of esters is 1. The van der Waals surface area contributed by atoms with Crippen LogP contribution in [0.1, 0.15) is 34.6 Å². The molecule has 0 aliphatic carbocycles.